The molecule has 0 saturated heterocycles. The van der Waals surface area contributed by atoms with Gasteiger partial charge in [-0.2, -0.15) is 0 Å². The molecule has 1 aromatic heterocycles. The minimum Gasteiger partial charge on any atom is -0.294 e. The smallest absolute Gasteiger partial charge is 0.164 e. The van der Waals surface area contributed by atoms with Crippen molar-refractivity contribution in [3.8, 4) is 11.3 Å². The van der Waals surface area contributed by atoms with Gasteiger partial charge in [0.1, 0.15) is 0 Å². The molecule has 0 unspecified atom stereocenters. The number of nitrogens with one attached hydrogen (secondary N) is 1. The van der Waals surface area contributed by atoms with Gasteiger partial charge in [0, 0.05) is 17.5 Å². The first-order valence-electron chi connectivity index (χ1n) is 7.98. The predicted molar refractivity (Wildman–Crippen MR) is 92.6 cm³/mol. The van der Waals surface area contributed by atoms with E-state index in [0.717, 1.165) is 41.0 Å². The summed E-state index contributed by atoms with van der Waals surface area (Å²) in [4.78, 5) is 12.3. The highest BCUT2D eigenvalue weighted by Gasteiger charge is 2.24. The first-order valence-corrected chi connectivity index (χ1v) is 7.98. The molecule has 0 bridgehead atoms. The van der Waals surface area contributed by atoms with Gasteiger partial charge in [0.05, 0.1) is 17.1 Å². The molecule has 0 amide bonds. The number of ketones is 1. The number of hydrogen-bond acceptors (Lipinski definition) is 2. The van der Waals surface area contributed by atoms with Crippen LogP contribution >= 0.6 is 0 Å². The zero-order valence-electron chi connectivity index (χ0n) is 12.8. The Morgan fingerprint density at radius 3 is 2.30 bits per heavy atom. The van der Waals surface area contributed by atoms with Crippen molar-refractivity contribution in [1.29, 1.82) is 0 Å². The van der Waals surface area contributed by atoms with Gasteiger partial charge in [-0.05, 0) is 31.0 Å². The monoisotopic (exact) mass is 302 g/mol. The van der Waals surface area contributed by atoms with Crippen molar-refractivity contribution in [2.45, 2.75) is 19.3 Å². The van der Waals surface area contributed by atoms with E-state index in [1.165, 1.54) is 0 Å². The second kappa shape index (κ2) is 5.76. The third-order valence-corrected chi connectivity index (χ3v) is 4.30. The van der Waals surface area contributed by atoms with E-state index in [-0.39, 0.29) is 5.78 Å². The van der Waals surface area contributed by atoms with Gasteiger partial charge in [-0.1, -0.05) is 48.5 Å². The Morgan fingerprint density at radius 1 is 0.870 bits per heavy atom. The second-order valence-electron chi connectivity index (χ2n) is 5.85. The van der Waals surface area contributed by atoms with Crippen LogP contribution in [-0.4, -0.2) is 10.5 Å². The molecule has 1 heterocycles. The maximum Gasteiger partial charge on any atom is 0.164 e. The van der Waals surface area contributed by atoms with Crippen molar-refractivity contribution >= 4 is 11.5 Å². The molecular weight excluding hydrogens is 284 g/mol. The van der Waals surface area contributed by atoms with Crippen LogP contribution in [0.1, 0.15) is 28.9 Å². The number of anilines is 1. The minimum absolute atomic E-state index is 0.247. The summed E-state index contributed by atoms with van der Waals surface area (Å²) < 4.78 is 2.08. The fourth-order valence-corrected chi connectivity index (χ4v) is 3.18. The Balaban J connectivity index is 1.86. The molecule has 114 valence electrons. The lowest BCUT2D eigenvalue weighted by atomic mass is 9.96. The molecule has 2 aromatic carbocycles. The van der Waals surface area contributed by atoms with E-state index < -0.39 is 0 Å². The summed E-state index contributed by atoms with van der Waals surface area (Å²) in [6, 6.07) is 22.3. The molecule has 4 rings (SSSR count). The fourth-order valence-electron chi connectivity index (χ4n) is 3.18. The number of para-hydroxylation sites is 1. The van der Waals surface area contributed by atoms with Crippen LogP contribution in [0, 0.1) is 0 Å². The van der Waals surface area contributed by atoms with E-state index in [0.29, 0.717) is 6.42 Å². The van der Waals surface area contributed by atoms with Gasteiger partial charge in [0.2, 0.25) is 0 Å². The van der Waals surface area contributed by atoms with Crippen molar-refractivity contribution < 1.29 is 4.79 Å². The van der Waals surface area contributed by atoms with E-state index in [2.05, 4.69) is 22.2 Å². The molecule has 0 radical (unpaired) electrons. The third-order valence-electron chi connectivity index (χ3n) is 4.30. The highest BCUT2D eigenvalue weighted by molar-refractivity contribution is 5.99. The van der Waals surface area contributed by atoms with Crippen molar-refractivity contribution in [2.24, 2.45) is 0 Å². The molecule has 0 atom stereocenters. The van der Waals surface area contributed by atoms with Crippen LogP contribution in [0.25, 0.3) is 11.3 Å². The van der Waals surface area contributed by atoms with Crippen LogP contribution in [0.2, 0.25) is 0 Å². The standard InChI is InChI=1S/C20H18N2O/c23-20-13-7-12-18-17(20)14-19(15-8-3-1-4-9-15)22(18)21-16-10-5-2-6-11-16/h1-6,8-11,14,21H,7,12-13H2. The highest BCUT2D eigenvalue weighted by atomic mass is 16.1. The molecule has 1 aliphatic carbocycles. The molecule has 0 spiro atoms. The minimum atomic E-state index is 0.247. The number of carbonyl (C=O) groups excluding carboxylic acids is 1. The average molecular weight is 302 g/mol. The summed E-state index contributed by atoms with van der Waals surface area (Å²) in [6.07, 6.45) is 2.49. The molecule has 0 aliphatic heterocycles. The Hall–Kier alpha value is -2.81. The number of carbonyl (C=O) groups is 1. The van der Waals surface area contributed by atoms with Gasteiger partial charge in [-0.15, -0.1) is 0 Å². The third kappa shape index (κ3) is 2.55. The molecule has 3 nitrogen and oxygen atoms in total. The number of hydrogen-bond donors (Lipinski definition) is 1. The first-order chi connectivity index (χ1) is 11.3. The van der Waals surface area contributed by atoms with Crippen molar-refractivity contribution in [3.63, 3.8) is 0 Å². The normalized spacial score (nSPS) is 13.7. The van der Waals surface area contributed by atoms with E-state index in [4.69, 9.17) is 0 Å². The van der Waals surface area contributed by atoms with Crippen LogP contribution in [-0.2, 0) is 6.42 Å². The fraction of sp³-hybridized carbons (Fsp3) is 0.150. The zero-order valence-corrected chi connectivity index (χ0v) is 12.8. The molecular formula is C20H18N2O. The van der Waals surface area contributed by atoms with Gasteiger partial charge in [-0.25, -0.2) is 0 Å². The average Bonchev–Trinajstić information content (AvgIpc) is 2.97. The molecule has 1 N–H and O–H groups in total. The SMILES string of the molecule is O=C1CCCc2c1cc(-c1ccccc1)n2Nc1ccccc1. The maximum atomic E-state index is 12.3. The van der Waals surface area contributed by atoms with Crippen LogP contribution in [0.4, 0.5) is 5.69 Å². The number of benzene rings is 2. The second-order valence-corrected chi connectivity index (χ2v) is 5.85. The number of Topliss-reactive ketones (excluding diaryl/α,β-unsaturated/α-hetero) is 1. The molecule has 0 fully saturated rings. The topological polar surface area (TPSA) is 34.0 Å². The van der Waals surface area contributed by atoms with Crippen molar-refractivity contribution in [2.75, 3.05) is 5.43 Å². The van der Waals surface area contributed by atoms with Gasteiger partial charge in [-0.3, -0.25) is 14.9 Å². The Labute approximate surface area is 135 Å². The summed E-state index contributed by atoms with van der Waals surface area (Å²) >= 11 is 0. The number of rotatable bonds is 3. The van der Waals surface area contributed by atoms with Crippen molar-refractivity contribution in [1.82, 2.24) is 4.68 Å². The van der Waals surface area contributed by atoms with Crippen LogP contribution in [0.3, 0.4) is 0 Å². The Morgan fingerprint density at radius 2 is 1.57 bits per heavy atom. The van der Waals surface area contributed by atoms with E-state index in [1.807, 2.05) is 54.6 Å². The molecule has 3 heteroatoms. The summed E-state index contributed by atoms with van der Waals surface area (Å²) in [5, 5.41) is 0. The predicted octanol–water partition coefficient (Wildman–Crippen LogP) is 4.55. The molecule has 23 heavy (non-hydrogen) atoms. The van der Waals surface area contributed by atoms with E-state index >= 15 is 0 Å². The van der Waals surface area contributed by atoms with Crippen molar-refractivity contribution in [3.05, 3.63) is 78.0 Å². The lowest BCUT2D eigenvalue weighted by molar-refractivity contribution is 0.0972. The Kier molecular flexibility index (Phi) is 3.46. The lowest BCUT2D eigenvalue weighted by Gasteiger charge is -2.18. The molecule has 1 aliphatic rings. The van der Waals surface area contributed by atoms with Gasteiger partial charge >= 0.3 is 0 Å². The zero-order chi connectivity index (χ0) is 15.6. The summed E-state index contributed by atoms with van der Waals surface area (Å²) in [7, 11) is 0. The number of fused-ring (bicyclic) bond motifs is 1. The summed E-state index contributed by atoms with van der Waals surface area (Å²) in [6.45, 7) is 0. The molecule has 0 saturated carbocycles. The highest BCUT2D eigenvalue weighted by Crippen LogP contribution is 2.31. The van der Waals surface area contributed by atoms with E-state index in [1.54, 1.807) is 0 Å². The van der Waals surface area contributed by atoms with Crippen LogP contribution in [0.5, 0.6) is 0 Å². The largest absolute Gasteiger partial charge is 0.294 e. The van der Waals surface area contributed by atoms with Gasteiger partial charge < -0.3 is 0 Å². The summed E-state index contributed by atoms with van der Waals surface area (Å²) in [5.41, 5.74) is 8.57. The Bertz CT molecular complexity index is 835. The number of nitrogens with zero attached hydrogens (tertiary/aromatic N) is 1. The first kappa shape index (κ1) is 13.8. The molecule has 3 aromatic rings. The van der Waals surface area contributed by atoms with Gasteiger partial charge in [0.25, 0.3) is 0 Å². The lowest BCUT2D eigenvalue weighted by Crippen LogP contribution is -2.18. The van der Waals surface area contributed by atoms with Gasteiger partial charge in [0.15, 0.2) is 5.78 Å². The van der Waals surface area contributed by atoms with E-state index in [9.17, 15) is 4.79 Å². The summed E-state index contributed by atoms with van der Waals surface area (Å²) in [5.74, 6) is 0.247. The maximum absolute atomic E-state index is 12.3. The number of aromatic nitrogens is 1. The van der Waals surface area contributed by atoms with Crippen LogP contribution in [0.15, 0.2) is 66.7 Å². The quantitative estimate of drug-likeness (QED) is 0.770. The van der Waals surface area contributed by atoms with Crippen LogP contribution < -0.4 is 5.43 Å².